The maximum Gasteiger partial charge on any atom is 0.127 e. The normalized spacial score (nSPS) is 35.3. The van der Waals surface area contributed by atoms with Crippen LogP contribution in [0.25, 0.3) is 0 Å². The van der Waals surface area contributed by atoms with Crippen molar-refractivity contribution in [3.05, 3.63) is 0 Å². The third-order valence-corrected chi connectivity index (χ3v) is 4.37. The summed E-state index contributed by atoms with van der Waals surface area (Å²) in [5.41, 5.74) is -0.0177. The highest BCUT2D eigenvalue weighted by Gasteiger charge is 2.35. The lowest BCUT2D eigenvalue weighted by molar-refractivity contribution is -0.119. The second kappa shape index (κ2) is 4.87. The van der Waals surface area contributed by atoms with Crippen LogP contribution in [-0.4, -0.2) is 31.3 Å². The van der Waals surface area contributed by atoms with E-state index < -0.39 is 0 Å². The summed E-state index contributed by atoms with van der Waals surface area (Å²) in [4.78, 5) is 13.8. The molecule has 0 aromatic carbocycles. The van der Waals surface area contributed by atoms with Gasteiger partial charge in [-0.2, -0.15) is 0 Å². The van der Waals surface area contributed by atoms with E-state index in [1.54, 1.807) is 0 Å². The average molecular weight is 223 g/mol. The molecule has 0 heterocycles. The Labute approximate surface area is 99.4 Å². The Hall–Kier alpha value is -0.370. The van der Waals surface area contributed by atoms with Gasteiger partial charge in [-0.15, -0.1) is 0 Å². The van der Waals surface area contributed by atoms with Crippen LogP contribution in [-0.2, 0) is 4.79 Å². The predicted molar refractivity (Wildman–Crippen MR) is 66.4 cm³/mol. The van der Waals surface area contributed by atoms with Gasteiger partial charge in [-0.3, -0.25) is 0 Å². The van der Waals surface area contributed by atoms with Crippen molar-refractivity contribution < 1.29 is 4.79 Å². The number of nitrogens with zero attached hydrogens (tertiary/aromatic N) is 1. The summed E-state index contributed by atoms with van der Waals surface area (Å²) in [6.07, 6.45) is 8.72. The Morgan fingerprint density at radius 3 is 2.38 bits per heavy atom. The SMILES string of the molecule is CC1CCC(C=O)(CN(C)CC2CC2)CC1. The molecule has 0 aromatic heterocycles. The number of aldehydes is 1. The fourth-order valence-corrected chi connectivity index (χ4v) is 2.99. The summed E-state index contributed by atoms with van der Waals surface area (Å²) < 4.78 is 0. The molecular weight excluding hydrogens is 198 g/mol. The monoisotopic (exact) mass is 223 g/mol. The predicted octanol–water partition coefficient (Wildman–Crippen LogP) is 2.72. The van der Waals surface area contributed by atoms with Gasteiger partial charge in [0.2, 0.25) is 0 Å². The van der Waals surface area contributed by atoms with Crippen molar-refractivity contribution in [2.45, 2.75) is 45.4 Å². The molecule has 0 bridgehead atoms. The molecule has 2 rings (SSSR count). The first kappa shape index (κ1) is 12.1. The van der Waals surface area contributed by atoms with E-state index in [1.165, 1.54) is 38.5 Å². The Morgan fingerprint density at radius 2 is 1.88 bits per heavy atom. The number of carbonyl (C=O) groups is 1. The van der Waals surface area contributed by atoms with Gasteiger partial charge in [0.15, 0.2) is 0 Å². The quantitative estimate of drug-likeness (QED) is 0.668. The van der Waals surface area contributed by atoms with Crippen LogP contribution in [0.1, 0.15) is 45.4 Å². The topological polar surface area (TPSA) is 20.3 Å². The molecule has 0 saturated heterocycles. The molecule has 2 aliphatic carbocycles. The van der Waals surface area contributed by atoms with Gasteiger partial charge in [0.25, 0.3) is 0 Å². The van der Waals surface area contributed by atoms with E-state index in [-0.39, 0.29) is 5.41 Å². The van der Waals surface area contributed by atoms with Gasteiger partial charge in [0.05, 0.1) is 0 Å². The summed E-state index contributed by atoms with van der Waals surface area (Å²) in [5.74, 6) is 1.75. The molecule has 0 aliphatic heterocycles. The van der Waals surface area contributed by atoms with Crippen molar-refractivity contribution in [2.24, 2.45) is 17.3 Å². The first-order valence-corrected chi connectivity index (χ1v) is 6.78. The standard InChI is InChI=1S/C14H25NO/c1-12-5-7-14(11-16,8-6-12)10-15(2)9-13-3-4-13/h11-13H,3-10H2,1-2H3. The molecule has 2 nitrogen and oxygen atoms in total. The molecule has 0 unspecified atom stereocenters. The van der Waals surface area contributed by atoms with E-state index in [2.05, 4.69) is 18.9 Å². The second-order valence-corrected chi connectivity index (χ2v) is 6.30. The molecule has 0 aromatic rings. The first-order chi connectivity index (χ1) is 7.63. The minimum Gasteiger partial charge on any atom is -0.305 e. The van der Waals surface area contributed by atoms with Crippen LogP contribution in [0.4, 0.5) is 0 Å². The molecule has 0 radical (unpaired) electrons. The summed E-state index contributed by atoms with van der Waals surface area (Å²) in [5, 5.41) is 0. The lowest BCUT2D eigenvalue weighted by Gasteiger charge is -2.37. The van der Waals surface area contributed by atoms with Crippen LogP contribution in [0.2, 0.25) is 0 Å². The van der Waals surface area contributed by atoms with Crippen molar-refractivity contribution in [3.8, 4) is 0 Å². The highest BCUT2D eigenvalue weighted by Crippen LogP contribution is 2.38. The Bertz CT molecular complexity index is 239. The zero-order chi connectivity index (χ0) is 11.6. The summed E-state index contributed by atoms with van der Waals surface area (Å²) in [7, 11) is 2.18. The highest BCUT2D eigenvalue weighted by atomic mass is 16.1. The maximum atomic E-state index is 11.4. The van der Waals surface area contributed by atoms with E-state index in [9.17, 15) is 4.79 Å². The van der Waals surface area contributed by atoms with E-state index >= 15 is 0 Å². The van der Waals surface area contributed by atoms with E-state index in [0.29, 0.717) is 0 Å². The summed E-state index contributed by atoms with van der Waals surface area (Å²) in [6.45, 7) is 4.49. The third-order valence-electron chi connectivity index (χ3n) is 4.37. The Kier molecular flexibility index (Phi) is 3.68. The highest BCUT2D eigenvalue weighted by molar-refractivity contribution is 5.60. The maximum absolute atomic E-state index is 11.4. The molecule has 92 valence electrons. The number of hydrogen-bond acceptors (Lipinski definition) is 2. The molecular formula is C14H25NO. The van der Waals surface area contributed by atoms with Crippen molar-refractivity contribution in [1.82, 2.24) is 4.90 Å². The van der Waals surface area contributed by atoms with Crippen LogP contribution in [0.3, 0.4) is 0 Å². The fraction of sp³-hybridized carbons (Fsp3) is 0.929. The molecule has 0 amide bonds. The largest absolute Gasteiger partial charge is 0.305 e. The molecule has 2 aliphatic rings. The van der Waals surface area contributed by atoms with Gasteiger partial charge < -0.3 is 9.69 Å². The second-order valence-electron chi connectivity index (χ2n) is 6.30. The Balaban J connectivity index is 1.85. The van der Waals surface area contributed by atoms with Crippen LogP contribution in [0, 0.1) is 17.3 Å². The zero-order valence-corrected chi connectivity index (χ0v) is 10.7. The number of carbonyl (C=O) groups excluding carboxylic acids is 1. The van der Waals surface area contributed by atoms with Gasteiger partial charge in [0.1, 0.15) is 6.29 Å². The minimum atomic E-state index is -0.0177. The molecule has 0 N–H and O–H groups in total. The van der Waals surface area contributed by atoms with Crippen molar-refractivity contribution in [3.63, 3.8) is 0 Å². The summed E-state index contributed by atoms with van der Waals surface area (Å²) in [6, 6.07) is 0. The van der Waals surface area contributed by atoms with Gasteiger partial charge in [0, 0.05) is 18.5 Å². The molecule has 16 heavy (non-hydrogen) atoms. The van der Waals surface area contributed by atoms with Crippen LogP contribution in [0.15, 0.2) is 0 Å². The van der Waals surface area contributed by atoms with E-state index in [0.717, 1.165) is 31.2 Å². The third kappa shape index (κ3) is 3.07. The molecule has 0 atom stereocenters. The zero-order valence-electron chi connectivity index (χ0n) is 10.7. The molecule has 2 fully saturated rings. The fourth-order valence-electron chi connectivity index (χ4n) is 2.99. The molecule has 0 spiro atoms. The van der Waals surface area contributed by atoms with Gasteiger partial charge in [-0.05, 0) is 57.4 Å². The lowest BCUT2D eigenvalue weighted by atomic mass is 9.71. The first-order valence-electron chi connectivity index (χ1n) is 6.78. The summed E-state index contributed by atoms with van der Waals surface area (Å²) >= 11 is 0. The number of hydrogen-bond donors (Lipinski definition) is 0. The van der Waals surface area contributed by atoms with Crippen molar-refractivity contribution in [2.75, 3.05) is 20.1 Å². The molecule has 2 saturated carbocycles. The van der Waals surface area contributed by atoms with Crippen LogP contribution < -0.4 is 0 Å². The van der Waals surface area contributed by atoms with E-state index in [4.69, 9.17) is 0 Å². The van der Waals surface area contributed by atoms with Gasteiger partial charge in [-0.1, -0.05) is 6.92 Å². The Morgan fingerprint density at radius 1 is 1.25 bits per heavy atom. The van der Waals surface area contributed by atoms with Gasteiger partial charge in [-0.25, -0.2) is 0 Å². The van der Waals surface area contributed by atoms with Crippen LogP contribution >= 0.6 is 0 Å². The smallest absolute Gasteiger partial charge is 0.127 e. The average Bonchev–Trinajstić information content (AvgIpc) is 3.06. The molecule has 2 heteroatoms. The van der Waals surface area contributed by atoms with Crippen molar-refractivity contribution >= 4 is 6.29 Å². The minimum absolute atomic E-state index is 0.0177. The van der Waals surface area contributed by atoms with Crippen LogP contribution in [0.5, 0.6) is 0 Å². The lowest BCUT2D eigenvalue weighted by Crippen LogP contribution is -2.40. The van der Waals surface area contributed by atoms with Gasteiger partial charge >= 0.3 is 0 Å². The van der Waals surface area contributed by atoms with E-state index in [1.807, 2.05) is 0 Å². The number of rotatable bonds is 5. The van der Waals surface area contributed by atoms with Crippen molar-refractivity contribution in [1.29, 1.82) is 0 Å².